The lowest BCUT2D eigenvalue weighted by Gasteiger charge is -2.22. The van der Waals surface area contributed by atoms with Crippen LogP contribution in [0.3, 0.4) is 0 Å². The second-order valence-corrected chi connectivity index (χ2v) is 16.1. The fourth-order valence-electron chi connectivity index (χ4n) is 9.35. The summed E-state index contributed by atoms with van der Waals surface area (Å²) in [5.41, 5.74) is 17.3. The van der Waals surface area contributed by atoms with Crippen LogP contribution in [-0.4, -0.2) is 9.97 Å². The molecule has 1 aliphatic rings. The lowest BCUT2D eigenvalue weighted by atomic mass is 9.81. The number of fused-ring (bicyclic) bond motifs is 5. The van der Waals surface area contributed by atoms with Crippen molar-refractivity contribution < 1.29 is 0 Å². The number of hydrogen-bond acceptors (Lipinski definition) is 2. The van der Waals surface area contributed by atoms with E-state index in [9.17, 15) is 0 Å². The minimum Gasteiger partial charge on any atom is -0.228 e. The van der Waals surface area contributed by atoms with Gasteiger partial charge in [-0.3, -0.25) is 0 Å². The van der Waals surface area contributed by atoms with E-state index in [0.29, 0.717) is 5.82 Å². The summed E-state index contributed by atoms with van der Waals surface area (Å²) < 4.78 is 0. The predicted molar refractivity (Wildman–Crippen MR) is 247 cm³/mol. The van der Waals surface area contributed by atoms with Crippen molar-refractivity contribution in [2.45, 2.75) is 19.3 Å². The smallest absolute Gasteiger partial charge is 0.160 e. The van der Waals surface area contributed by atoms with E-state index >= 15 is 0 Å². The minimum absolute atomic E-state index is 0.114. The zero-order valence-corrected chi connectivity index (χ0v) is 33.0. The van der Waals surface area contributed by atoms with Gasteiger partial charge in [0, 0.05) is 22.1 Å². The number of nitrogens with zero attached hydrogens (tertiary/aromatic N) is 2. The van der Waals surface area contributed by atoms with Crippen LogP contribution >= 0.6 is 0 Å². The average Bonchev–Trinajstić information content (AvgIpc) is 3.53. The van der Waals surface area contributed by atoms with Crippen LogP contribution in [-0.2, 0) is 5.41 Å². The number of aromatic nitrogens is 2. The largest absolute Gasteiger partial charge is 0.228 e. The van der Waals surface area contributed by atoms with E-state index in [4.69, 9.17) is 9.97 Å². The monoisotopic (exact) mass is 752 g/mol. The van der Waals surface area contributed by atoms with Gasteiger partial charge < -0.3 is 0 Å². The molecule has 11 rings (SSSR count). The number of benzene rings is 9. The molecule has 1 heterocycles. The van der Waals surface area contributed by atoms with Crippen molar-refractivity contribution >= 4 is 21.5 Å². The fraction of sp³-hybridized carbons (Fsp3) is 0.0526. The fourth-order valence-corrected chi connectivity index (χ4v) is 9.35. The highest BCUT2D eigenvalue weighted by molar-refractivity contribution is 6.10. The highest BCUT2D eigenvalue weighted by atomic mass is 14.9. The van der Waals surface area contributed by atoms with Gasteiger partial charge in [-0.05, 0) is 101 Å². The van der Waals surface area contributed by atoms with Crippen molar-refractivity contribution in [2.24, 2.45) is 0 Å². The zero-order chi connectivity index (χ0) is 39.5. The molecule has 0 fully saturated rings. The van der Waals surface area contributed by atoms with E-state index in [1.165, 1.54) is 66.1 Å². The summed E-state index contributed by atoms with van der Waals surface area (Å²) in [7, 11) is 0. The first-order valence-electron chi connectivity index (χ1n) is 20.4. The lowest BCUT2D eigenvalue weighted by molar-refractivity contribution is 0.661. The van der Waals surface area contributed by atoms with Crippen LogP contribution in [0.15, 0.2) is 206 Å². The predicted octanol–water partition coefficient (Wildman–Crippen LogP) is 15.1. The lowest BCUT2D eigenvalue weighted by Crippen LogP contribution is -2.14. The summed E-state index contributed by atoms with van der Waals surface area (Å²) in [5.74, 6) is 0.701. The Morgan fingerprint density at radius 3 is 1.61 bits per heavy atom. The van der Waals surface area contributed by atoms with E-state index in [1.54, 1.807) is 0 Å². The van der Waals surface area contributed by atoms with Crippen molar-refractivity contribution in [1.29, 1.82) is 0 Å². The molecule has 0 aliphatic heterocycles. The molecule has 0 radical (unpaired) electrons. The molecule has 1 aliphatic carbocycles. The van der Waals surface area contributed by atoms with E-state index in [-0.39, 0.29) is 5.41 Å². The van der Waals surface area contributed by atoms with Crippen LogP contribution in [0, 0.1) is 0 Å². The molecule has 278 valence electrons. The van der Waals surface area contributed by atoms with Crippen LogP contribution in [0.5, 0.6) is 0 Å². The highest BCUT2D eigenvalue weighted by Crippen LogP contribution is 2.54. The SMILES string of the molecule is CC1(C)c2cc3ccccc3cc2-c2c(-c3ccc(-c4ccccc4-c4cc(-c5cccc(-c6ccccc6)c5)nc(-c5ccccc5)n4)c4ccccc34)cccc21. The molecular weight excluding hydrogens is 713 g/mol. The maximum absolute atomic E-state index is 5.30. The topological polar surface area (TPSA) is 25.8 Å². The zero-order valence-electron chi connectivity index (χ0n) is 33.0. The van der Waals surface area contributed by atoms with Crippen molar-refractivity contribution in [1.82, 2.24) is 9.97 Å². The van der Waals surface area contributed by atoms with Crippen molar-refractivity contribution in [3.63, 3.8) is 0 Å². The average molecular weight is 753 g/mol. The van der Waals surface area contributed by atoms with Crippen molar-refractivity contribution in [3.8, 4) is 78.4 Å². The van der Waals surface area contributed by atoms with Gasteiger partial charge in [-0.25, -0.2) is 9.97 Å². The molecular formula is C57H40N2. The van der Waals surface area contributed by atoms with Gasteiger partial charge in [0.1, 0.15) is 0 Å². The third-order valence-electron chi connectivity index (χ3n) is 12.3. The summed E-state index contributed by atoms with van der Waals surface area (Å²) >= 11 is 0. The Balaban J connectivity index is 1.08. The maximum Gasteiger partial charge on any atom is 0.160 e. The molecule has 59 heavy (non-hydrogen) atoms. The molecule has 2 heteroatoms. The molecule has 0 saturated heterocycles. The van der Waals surface area contributed by atoms with Gasteiger partial charge in [0.05, 0.1) is 11.4 Å². The molecule has 2 nitrogen and oxygen atoms in total. The minimum atomic E-state index is -0.114. The molecule has 0 N–H and O–H groups in total. The maximum atomic E-state index is 5.30. The summed E-state index contributed by atoms with van der Waals surface area (Å²) in [6, 6.07) is 74.3. The molecule has 0 bridgehead atoms. The van der Waals surface area contributed by atoms with E-state index < -0.39 is 0 Å². The summed E-state index contributed by atoms with van der Waals surface area (Å²) in [6.45, 7) is 4.74. The Hall–Kier alpha value is -7.42. The van der Waals surface area contributed by atoms with Crippen molar-refractivity contribution in [3.05, 3.63) is 217 Å². The summed E-state index contributed by atoms with van der Waals surface area (Å²) in [6.07, 6.45) is 0. The summed E-state index contributed by atoms with van der Waals surface area (Å²) in [4.78, 5) is 10.5. The molecule has 0 unspecified atom stereocenters. The molecule has 1 aromatic heterocycles. The van der Waals surface area contributed by atoms with Gasteiger partial charge >= 0.3 is 0 Å². The van der Waals surface area contributed by atoms with Crippen LogP contribution < -0.4 is 0 Å². The van der Waals surface area contributed by atoms with Crippen LogP contribution in [0.4, 0.5) is 0 Å². The van der Waals surface area contributed by atoms with E-state index in [2.05, 4.69) is 202 Å². The normalized spacial score (nSPS) is 12.7. The van der Waals surface area contributed by atoms with Crippen LogP contribution in [0.1, 0.15) is 25.0 Å². The first-order valence-corrected chi connectivity index (χ1v) is 20.4. The van der Waals surface area contributed by atoms with E-state index in [0.717, 1.165) is 39.2 Å². The second kappa shape index (κ2) is 13.9. The third-order valence-corrected chi connectivity index (χ3v) is 12.3. The molecule has 0 saturated carbocycles. The molecule has 0 spiro atoms. The summed E-state index contributed by atoms with van der Waals surface area (Å²) in [5, 5.41) is 4.99. The first kappa shape index (κ1) is 34.8. The Labute approximate surface area is 345 Å². The first-order chi connectivity index (χ1) is 29.0. The number of hydrogen-bond donors (Lipinski definition) is 0. The van der Waals surface area contributed by atoms with Gasteiger partial charge in [-0.2, -0.15) is 0 Å². The number of rotatable bonds is 6. The quantitative estimate of drug-likeness (QED) is 0.169. The Morgan fingerprint density at radius 2 is 0.864 bits per heavy atom. The Morgan fingerprint density at radius 1 is 0.322 bits per heavy atom. The Bertz CT molecular complexity index is 3230. The van der Waals surface area contributed by atoms with Crippen LogP contribution in [0.25, 0.3) is 100.0 Å². The molecule has 10 aromatic rings. The molecule has 0 amide bonds. The molecule has 0 atom stereocenters. The Kier molecular flexibility index (Phi) is 8.20. The van der Waals surface area contributed by atoms with Gasteiger partial charge in [-0.15, -0.1) is 0 Å². The van der Waals surface area contributed by atoms with E-state index in [1.807, 2.05) is 18.2 Å². The van der Waals surface area contributed by atoms with Gasteiger partial charge in [-0.1, -0.05) is 196 Å². The van der Waals surface area contributed by atoms with Gasteiger partial charge in [0.2, 0.25) is 0 Å². The van der Waals surface area contributed by atoms with Crippen molar-refractivity contribution in [2.75, 3.05) is 0 Å². The van der Waals surface area contributed by atoms with Gasteiger partial charge in [0.25, 0.3) is 0 Å². The molecule has 9 aromatic carbocycles. The standard InChI is InChI=1S/C57H40N2/c1-57(2)51-30-16-29-49(55(51)50-34-40-21-9-10-22-41(40)35-52(50)57)47-32-31-46(43-25-11-12-26-44(43)47)45-27-13-14-28-48(45)54-36-53(58-56(59-54)38-19-7-4-8-20-38)42-24-15-23-39(33-42)37-17-5-3-6-18-37/h3-36H,1-2H3. The highest BCUT2D eigenvalue weighted by Gasteiger charge is 2.37. The van der Waals surface area contributed by atoms with Gasteiger partial charge in [0.15, 0.2) is 5.82 Å². The second-order valence-electron chi connectivity index (χ2n) is 16.1. The third kappa shape index (κ3) is 5.87. The van der Waals surface area contributed by atoms with Crippen LogP contribution in [0.2, 0.25) is 0 Å².